The Balaban J connectivity index is 2.42. The molecule has 1 heterocycles. The summed E-state index contributed by atoms with van der Waals surface area (Å²) in [6, 6.07) is 3.53. The highest BCUT2D eigenvalue weighted by Gasteiger charge is 2.44. The fourth-order valence-corrected chi connectivity index (χ4v) is 2.48. The summed E-state index contributed by atoms with van der Waals surface area (Å²) in [4.78, 5) is 12.8. The van der Waals surface area contributed by atoms with E-state index in [2.05, 4.69) is 0 Å². The molecule has 104 valence electrons. The molecule has 4 heteroatoms. The lowest BCUT2D eigenvalue weighted by molar-refractivity contribution is 0.0767. The molecule has 1 aromatic rings. The molecule has 19 heavy (non-hydrogen) atoms. The summed E-state index contributed by atoms with van der Waals surface area (Å²) >= 11 is 0. The van der Waals surface area contributed by atoms with E-state index in [1.54, 1.807) is 7.11 Å². The average molecular weight is 263 g/mol. The van der Waals surface area contributed by atoms with Crippen LogP contribution in [0.3, 0.4) is 0 Å². The number of benzene rings is 1. The van der Waals surface area contributed by atoms with Crippen LogP contribution in [0.5, 0.6) is 5.75 Å². The second-order valence-electron chi connectivity index (χ2n) is 5.50. The molecular weight excluding hydrogens is 242 g/mol. The molecule has 0 amide bonds. The van der Waals surface area contributed by atoms with Crippen molar-refractivity contribution in [3.05, 3.63) is 28.8 Å². The van der Waals surface area contributed by atoms with Crippen LogP contribution in [0.25, 0.3) is 0 Å². The predicted octanol–water partition coefficient (Wildman–Crippen LogP) is 1.86. The summed E-state index contributed by atoms with van der Waals surface area (Å²) in [5.41, 5.74) is 7.96. The Morgan fingerprint density at radius 1 is 1.42 bits per heavy atom. The molecule has 1 fully saturated rings. The molecule has 0 spiro atoms. The van der Waals surface area contributed by atoms with E-state index in [1.807, 2.05) is 32.9 Å². The summed E-state index contributed by atoms with van der Waals surface area (Å²) < 4.78 is 10.6. The number of ether oxygens (including phenoxy) is 2. The SMILES string of the molecule is COc1cc(C)c(C(=O)C2(C)COCC2N)cc1C. The quantitative estimate of drug-likeness (QED) is 0.846. The highest BCUT2D eigenvalue weighted by atomic mass is 16.5. The van der Waals surface area contributed by atoms with Crippen LogP contribution in [-0.2, 0) is 4.74 Å². The molecule has 0 radical (unpaired) electrons. The van der Waals surface area contributed by atoms with Gasteiger partial charge in [-0.15, -0.1) is 0 Å². The van der Waals surface area contributed by atoms with Crippen molar-refractivity contribution in [2.75, 3.05) is 20.3 Å². The Kier molecular flexibility index (Phi) is 3.65. The molecule has 2 N–H and O–H groups in total. The van der Waals surface area contributed by atoms with E-state index in [9.17, 15) is 4.79 Å². The molecule has 0 bridgehead atoms. The number of carbonyl (C=O) groups is 1. The minimum atomic E-state index is -0.633. The van der Waals surface area contributed by atoms with Crippen molar-refractivity contribution < 1.29 is 14.3 Å². The minimum Gasteiger partial charge on any atom is -0.496 e. The molecule has 1 saturated heterocycles. The van der Waals surface area contributed by atoms with Crippen LogP contribution >= 0.6 is 0 Å². The average Bonchev–Trinajstić information content (AvgIpc) is 2.72. The van der Waals surface area contributed by atoms with Crippen molar-refractivity contribution in [1.29, 1.82) is 0 Å². The monoisotopic (exact) mass is 263 g/mol. The number of ketones is 1. The van der Waals surface area contributed by atoms with E-state index < -0.39 is 5.41 Å². The minimum absolute atomic E-state index is 0.0563. The summed E-state index contributed by atoms with van der Waals surface area (Å²) in [6.45, 7) is 6.56. The van der Waals surface area contributed by atoms with E-state index >= 15 is 0 Å². The predicted molar refractivity (Wildman–Crippen MR) is 73.7 cm³/mol. The number of Topliss-reactive ketones (excluding diaryl/α,β-unsaturated/α-hetero) is 1. The van der Waals surface area contributed by atoms with Gasteiger partial charge in [0, 0.05) is 11.6 Å². The lowest BCUT2D eigenvalue weighted by Gasteiger charge is -2.26. The van der Waals surface area contributed by atoms with Crippen molar-refractivity contribution in [1.82, 2.24) is 0 Å². The van der Waals surface area contributed by atoms with Crippen molar-refractivity contribution in [3.63, 3.8) is 0 Å². The summed E-state index contributed by atoms with van der Waals surface area (Å²) in [5.74, 6) is 0.854. The molecule has 1 aliphatic rings. The number of aryl methyl sites for hydroxylation is 2. The second kappa shape index (κ2) is 4.94. The van der Waals surface area contributed by atoms with Gasteiger partial charge >= 0.3 is 0 Å². The first-order chi connectivity index (χ1) is 8.90. The number of carbonyl (C=O) groups excluding carboxylic acids is 1. The smallest absolute Gasteiger partial charge is 0.172 e. The highest BCUT2D eigenvalue weighted by molar-refractivity contribution is 6.02. The van der Waals surface area contributed by atoms with Crippen LogP contribution < -0.4 is 10.5 Å². The molecule has 0 aromatic heterocycles. The zero-order valence-corrected chi connectivity index (χ0v) is 11.9. The highest BCUT2D eigenvalue weighted by Crippen LogP contribution is 2.34. The van der Waals surface area contributed by atoms with E-state index in [4.69, 9.17) is 15.2 Å². The third-order valence-corrected chi connectivity index (χ3v) is 4.02. The van der Waals surface area contributed by atoms with Crippen molar-refractivity contribution in [3.8, 4) is 5.75 Å². The largest absolute Gasteiger partial charge is 0.496 e. The molecule has 4 nitrogen and oxygen atoms in total. The molecule has 2 unspecified atom stereocenters. The van der Waals surface area contributed by atoms with Gasteiger partial charge in [-0.1, -0.05) is 0 Å². The number of nitrogens with two attached hydrogens (primary N) is 1. The molecule has 2 atom stereocenters. The van der Waals surface area contributed by atoms with Gasteiger partial charge in [0.05, 0.1) is 25.7 Å². The van der Waals surface area contributed by atoms with Crippen LogP contribution in [0.1, 0.15) is 28.4 Å². The lowest BCUT2D eigenvalue weighted by atomic mass is 9.77. The molecular formula is C15H21NO3. The van der Waals surface area contributed by atoms with Crippen LogP contribution in [0.15, 0.2) is 12.1 Å². The number of methoxy groups -OCH3 is 1. The van der Waals surface area contributed by atoms with Crippen molar-refractivity contribution >= 4 is 5.78 Å². The van der Waals surface area contributed by atoms with Gasteiger partial charge in [0.1, 0.15) is 5.75 Å². The van der Waals surface area contributed by atoms with Gasteiger partial charge in [-0.2, -0.15) is 0 Å². The molecule has 0 saturated carbocycles. The maximum absolute atomic E-state index is 12.8. The number of hydrogen-bond acceptors (Lipinski definition) is 4. The van der Waals surface area contributed by atoms with E-state index in [-0.39, 0.29) is 11.8 Å². The van der Waals surface area contributed by atoms with Gasteiger partial charge in [0.2, 0.25) is 0 Å². The van der Waals surface area contributed by atoms with Gasteiger partial charge in [-0.3, -0.25) is 4.79 Å². The lowest BCUT2D eigenvalue weighted by Crippen LogP contribution is -2.44. The molecule has 0 aliphatic carbocycles. The van der Waals surface area contributed by atoms with Gasteiger partial charge in [0.15, 0.2) is 5.78 Å². The normalized spacial score (nSPS) is 26.5. The standard InChI is InChI=1S/C15H21NO3/c1-9-6-12(18-4)10(2)5-11(9)14(17)15(3)8-19-7-13(15)16/h5-6,13H,7-8,16H2,1-4H3. The Labute approximate surface area is 113 Å². The first-order valence-electron chi connectivity index (χ1n) is 6.43. The van der Waals surface area contributed by atoms with Gasteiger partial charge in [-0.25, -0.2) is 0 Å². The van der Waals surface area contributed by atoms with E-state index in [0.29, 0.717) is 18.8 Å². The summed E-state index contributed by atoms with van der Waals surface area (Å²) in [6.07, 6.45) is 0. The second-order valence-corrected chi connectivity index (χ2v) is 5.50. The Bertz CT molecular complexity index is 512. The van der Waals surface area contributed by atoms with Crippen molar-refractivity contribution in [2.45, 2.75) is 26.8 Å². The van der Waals surface area contributed by atoms with Crippen molar-refractivity contribution in [2.24, 2.45) is 11.1 Å². The summed E-state index contributed by atoms with van der Waals surface area (Å²) in [7, 11) is 1.63. The maximum Gasteiger partial charge on any atom is 0.172 e. The zero-order chi connectivity index (χ0) is 14.2. The van der Waals surface area contributed by atoms with Gasteiger partial charge < -0.3 is 15.2 Å². The van der Waals surface area contributed by atoms with E-state index in [0.717, 1.165) is 16.9 Å². The third kappa shape index (κ3) is 2.26. The van der Waals surface area contributed by atoms with Crippen LogP contribution in [0.4, 0.5) is 0 Å². The Hall–Kier alpha value is -1.39. The summed E-state index contributed by atoms with van der Waals surface area (Å²) in [5, 5.41) is 0. The van der Waals surface area contributed by atoms with Gasteiger partial charge in [0.25, 0.3) is 0 Å². The molecule has 1 aromatic carbocycles. The van der Waals surface area contributed by atoms with Crippen LogP contribution in [0, 0.1) is 19.3 Å². The van der Waals surface area contributed by atoms with Gasteiger partial charge in [-0.05, 0) is 44.0 Å². The fraction of sp³-hybridized carbons (Fsp3) is 0.533. The first-order valence-corrected chi connectivity index (χ1v) is 6.43. The number of hydrogen-bond donors (Lipinski definition) is 1. The topological polar surface area (TPSA) is 61.5 Å². The Morgan fingerprint density at radius 2 is 2.11 bits per heavy atom. The molecule has 2 rings (SSSR count). The third-order valence-electron chi connectivity index (χ3n) is 4.02. The fourth-order valence-electron chi connectivity index (χ4n) is 2.48. The molecule has 1 aliphatic heterocycles. The van der Waals surface area contributed by atoms with E-state index in [1.165, 1.54) is 0 Å². The maximum atomic E-state index is 12.8. The Morgan fingerprint density at radius 3 is 2.63 bits per heavy atom. The van der Waals surface area contributed by atoms with Crippen LogP contribution in [0.2, 0.25) is 0 Å². The van der Waals surface area contributed by atoms with Crippen LogP contribution in [-0.4, -0.2) is 32.1 Å². The number of rotatable bonds is 3. The first kappa shape index (κ1) is 14.0. The zero-order valence-electron chi connectivity index (χ0n) is 11.9.